The Kier molecular flexibility index (Phi) is 5.69. The van der Waals surface area contributed by atoms with Crippen LogP contribution in [0.2, 0.25) is 0 Å². The van der Waals surface area contributed by atoms with Crippen LogP contribution in [-0.2, 0) is 0 Å². The van der Waals surface area contributed by atoms with E-state index < -0.39 is 18.6 Å². The number of hydrogen-bond acceptors (Lipinski definition) is 2. The van der Waals surface area contributed by atoms with Crippen molar-refractivity contribution in [2.24, 2.45) is 5.73 Å². The van der Waals surface area contributed by atoms with E-state index >= 15 is 0 Å². The zero-order chi connectivity index (χ0) is 10.8. The molecule has 2 N–H and O–H groups in total. The molecule has 2 nitrogen and oxygen atoms in total. The molecule has 0 saturated carbocycles. The number of hydrogen-bond donors (Lipinski definition) is 1. The highest BCUT2D eigenvalue weighted by atomic mass is 79.9. The molecular formula is C8H10BrClF3NO. The Bertz CT molecular complexity index is 302. The second-order valence-electron chi connectivity index (χ2n) is 2.90. The first kappa shape index (κ1) is 14.8. The molecule has 1 aromatic rings. The molecule has 0 saturated heterocycles. The summed E-state index contributed by atoms with van der Waals surface area (Å²) in [5.41, 5.74) is 5.50. The van der Waals surface area contributed by atoms with Crippen LogP contribution in [0.4, 0.5) is 13.2 Å². The standard InChI is InChI=1S/C8H9BrF3NO.ClH/c9-7-2-1-6(14-7)5(13)3-4-8(10,11)12;/h1-2,5H,3-4,13H2;1H/t5-;/m0./s1. The van der Waals surface area contributed by atoms with Crippen molar-refractivity contribution in [2.45, 2.75) is 25.1 Å². The minimum Gasteiger partial charge on any atom is -0.453 e. The van der Waals surface area contributed by atoms with E-state index in [4.69, 9.17) is 10.2 Å². The maximum Gasteiger partial charge on any atom is 0.389 e. The monoisotopic (exact) mass is 307 g/mol. The van der Waals surface area contributed by atoms with E-state index in [9.17, 15) is 13.2 Å². The zero-order valence-corrected chi connectivity index (χ0v) is 9.95. The maximum atomic E-state index is 11.8. The van der Waals surface area contributed by atoms with E-state index in [2.05, 4.69) is 15.9 Å². The SMILES string of the molecule is Cl.N[C@@H](CCC(F)(F)F)c1ccc(Br)o1. The summed E-state index contributed by atoms with van der Waals surface area (Å²) < 4.78 is 41.0. The summed E-state index contributed by atoms with van der Waals surface area (Å²) in [6.45, 7) is 0. The smallest absolute Gasteiger partial charge is 0.389 e. The van der Waals surface area contributed by atoms with Crippen LogP contribution in [0, 0.1) is 0 Å². The summed E-state index contributed by atoms with van der Waals surface area (Å²) in [5.74, 6) is 0.362. The van der Waals surface area contributed by atoms with Crippen molar-refractivity contribution in [1.29, 1.82) is 0 Å². The van der Waals surface area contributed by atoms with Crippen molar-refractivity contribution >= 4 is 28.3 Å². The van der Waals surface area contributed by atoms with Crippen molar-refractivity contribution in [2.75, 3.05) is 0 Å². The lowest BCUT2D eigenvalue weighted by atomic mass is 10.1. The molecule has 1 rings (SSSR count). The molecular weight excluding hydrogens is 298 g/mol. The molecule has 1 aromatic heterocycles. The normalized spacial score (nSPS) is 13.4. The minimum absolute atomic E-state index is 0. The van der Waals surface area contributed by atoms with Crippen LogP contribution in [0.5, 0.6) is 0 Å². The average Bonchev–Trinajstić information content (AvgIpc) is 2.46. The van der Waals surface area contributed by atoms with Gasteiger partial charge in [-0.2, -0.15) is 13.2 Å². The van der Waals surface area contributed by atoms with Gasteiger partial charge in [0, 0.05) is 6.42 Å². The second-order valence-corrected chi connectivity index (χ2v) is 3.68. The van der Waals surface area contributed by atoms with Gasteiger partial charge in [-0.3, -0.25) is 0 Å². The molecule has 7 heteroatoms. The summed E-state index contributed by atoms with van der Waals surface area (Å²) in [5, 5.41) is 0. The Labute approximate surface area is 99.5 Å². The van der Waals surface area contributed by atoms with Gasteiger partial charge in [-0.15, -0.1) is 12.4 Å². The Morgan fingerprint density at radius 3 is 2.40 bits per heavy atom. The van der Waals surface area contributed by atoms with Crippen molar-refractivity contribution in [3.63, 3.8) is 0 Å². The molecule has 0 bridgehead atoms. The highest BCUT2D eigenvalue weighted by Gasteiger charge is 2.28. The van der Waals surface area contributed by atoms with Crippen molar-refractivity contribution in [3.8, 4) is 0 Å². The molecule has 15 heavy (non-hydrogen) atoms. The number of furan rings is 1. The summed E-state index contributed by atoms with van der Waals surface area (Å²) in [6, 6.07) is 2.45. The molecule has 0 aliphatic heterocycles. The fourth-order valence-corrected chi connectivity index (χ4v) is 1.31. The first-order valence-corrected chi connectivity index (χ1v) is 4.75. The lowest BCUT2D eigenvalue weighted by Crippen LogP contribution is -2.15. The van der Waals surface area contributed by atoms with E-state index in [0.717, 1.165) is 0 Å². The molecule has 0 spiro atoms. The third kappa shape index (κ3) is 5.44. The fourth-order valence-electron chi connectivity index (χ4n) is 0.989. The van der Waals surface area contributed by atoms with Crippen LogP contribution in [-0.4, -0.2) is 6.18 Å². The Morgan fingerprint density at radius 2 is 2.00 bits per heavy atom. The van der Waals surface area contributed by atoms with Gasteiger partial charge in [-0.05, 0) is 34.5 Å². The molecule has 0 aliphatic carbocycles. The maximum absolute atomic E-state index is 11.8. The quantitative estimate of drug-likeness (QED) is 0.922. The van der Waals surface area contributed by atoms with Gasteiger partial charge in [0.25, 0.3) is 0 Å². The summed E-state index contributed by atoms with van der Waals surface area (Å²) in [4.78, 5) is 0. The van der Waals surface area contributed by atoms with Gasteiger partial charge in [0.05, 0.1) is 6.04 Å². The summed E-state index contributed by atoms with van der Waals surface area (Å²) >= 11 is 3.05. The number of halogens is 5. The Morgan fingerprint density at radius 1 is 1.40 bits per heavy atom. The zero-order valence-electron chi connectivity index (χ0n) is 7.55. The third-order valence-electron chi connectivity index (χ3n) is 1.70. The van der Waals surface area contributed by atoms with Gasteiger partial charge < -0.3 is 10.2 Å². The summed E-state index contributed by atoms with van der Waals surface area (Å²) in [7, 11) is 0. The predicted octanol–water partition coefficient (Wildman–Crippen LogP) is 3.81. The molecule has 0 amide bonds. The highest BCUT2D eigenvalue weighted by molar-refractivity contribution is 9.10. The molecule has 0 aromatic carbocycles. The highest BCUT2D eigenvalue weighted by Crippen LogP contribution is 2.27. The van der Waals surface area contributed by atoms with Crippen LogP contribution in [0.1, 0.15) is 24.6 Å². The van der Waals surface area contributed by atoms with Gasteiger partial charge in [0.1, 0.15) is 5.76 Å². The van der Waals surface area contributed by atoms with E-state index in [0.29, 0.717) is 10.4 Å². The third-order valence-corrected chi connectivity index (χ3v) is 2.12. The molecule has 0 unspecified atom stereocenters. The summed E-state index contributed by atoms with van der Waals surface area (Å²) in [6.07, 6.45) is -5.22. The molecule has 1 atom stereocenters. The molecule has 0 radical (unpaired) electrons. The number of alkyl halides is 3. The molecule has 88 valence electrons. The van der Waals surface area contributed by atoms with Crippen LogP contribution < -0.4 is 5.73 Å². The second kappa shape index (κ2) is 5.77. The van der Waals surface area contributed by atoms with Crippen LogP contribution in [0.25, 0.3) is 0 Å². The lowest BCUT2D eigenvalue weighted by Gasteiger charge is -2.10. The van der Waals surface area contributed by atoms with Gasteiger partial charge in [0.2, 0.25) is 0 Å². The van der Waals surface area contributed by atoms with Crippen molar-refractivity contribution < 1.29 is 17.6 Å². The van der Waals surface area contributed by atoms with E-state index in [-0.39, 0.29) is 18.8 Å². The van der Waals surface area contributed by atoms with Gasteiger partial charge >= 0.3 is 6.18 Å². The topological polar surface area (TPSA) is 39.2 Å². The predicted molar refractivity (Wildman–Crippen MR) is 55.9 cm³/mol. The number of rotatable bonds is 3. The molecule has 0 aliphatic rings. The van der Waals surface area contributed by atoms with E-state index in [1.165, 1.54) is 0 Å². The van der Waals surface area contributed by atoms with E-state index in [1.807, 2.05) is 0 Å². The average molecular weight is 309 g/mol. The van der Waals surface area contributed by atoms with Gasteiger partial charge in [-0.25, -0.2) is 0 Å². The largest absolute Gasteiger partial charge is 0.453 e. The molecule has 0 fully saturated rings. The van der Waals surface area contributed by atoms with Crippen molar-refractivity contribution in [1.82, 2.24) is 0 Å². The van der Waals surface area contributed by atoms with Crippen LogP contribution in [0.15, 0.2) is 21.2 Å². The lowest BCUT2D eigenvalue weighted by molar-refractivity contribution is -0.136. The van der Waals surface area contributed by atoms with Gasteiger partial charge in [0.15, 0.2) is 4.67 Å². The fraction of sp³-hybridized carbons (Fsp3) is 0.500. The van der Waals surface area contributed by atoms with Crippen LogP contribution in [0.3, 0.4) is 0 Å². The number of nitrogens with two attached hydrogens (primary N) is 1. The van der Waals surface area contributed by atoms with Crippen molar-refractivity contribution in [3.05, 3.63) is 22.6 Å². The van der Waals surface area contributed by atoms with Crippen LogP contribution >= 0.6 is 28.3 Å². The minimum atomic E-state index is -4.17. The Hall–Kier alpha value is -0.200. The van der Waals surface area contributed by atoms with Gasteiger partial charge in [-0.1, -0.05) is 0 Å². The first-order valence-electron chi connectivity index (χ1n) is 3.96. The Balaban J connectivity index is 0.00000196. The van der Waals surface area contributed by atoms with E-state index in [1.54, 1.807) is 12.1 Å². The first-order chi connectivity index (χ1) is 6.38. The molecule has 1 heterocycles.